The molecule has 1 saturated heterocycles. The summed E-state index contributed by atoms with van der Waals surface area (Å²) >= 11 is 0. The maximum absolute atomic E-state index is 12.9. The maximum atomic E-state index is 12.9. The average molecular weight is 232 g/mol. The smallest absolute Gasteiger partial charge is 0.123 e. The van der Waals surface area contributed by atoms with Gasteiger partial charge in [0.05, 0.1) is 12.0 Å². The van der Waals surface area contributed by atoms with Gasteiger partial charge in [-0.15, -0.1) is 0 Å². The number of rotatable bonds is 1. The van der Waals surface area contributed by atoms with E-state index in [1.807, 2.05) is 12.1 Å². The Balaban J connectivity index is 2.22. The van der Waals surface area contributed by atoms with Crippen molar-refractivity contribution in [1.82, 2.24) is 0 Å². The third-order valence-electron chi connectivity index (χ3n) is 3.50. The third-order valence-corrected chi connectivity index (χ3v) is 3.50. The lowest BCUT2D eigenvalue weighted by Crippen LogP contribution is -2.50. The monoisotopic (exact) mass is 232 g/mol. The van der Waals surface area contributed by atoms with Gasteiger partial charge in [-0.2, -0.15) is 5.26 Å². The minimum absolute atomic E-state index is 0.0452. The van der Waals surface area contributed by atoms with E-state index in [-0.39, 0.29) is 17.3 Å². The van der Waals surface area contributed by atoms with E-state index in [1.54, 1.807) is 0 Å². The fourth-order valence-electron chi connectivity index (χ4n) is 2.61. The van der Waals surface area contributed by atoms with Gasteiger partial charge in [-0.25, -0.2) is 4.39 Å². The number of piperidine rings is 1. The fraction of sp³-hybridized carbons (Fsp3) is 0.500. The lowest BCUT2D eigenvalue weighted by Gasteiger charge is -2.45. The SMILES string of the molecule is CC1(C)CC(C#N)CCN1c1ccc(F)cc1. The van der Waals surface area contributed by atoms with E-state index in [9.17, 15) is 4.39 Å². The molecule has 1 unspecified atom stereocenters. The Kier molecular flexibility index (Phi) is 3.06. The van der Waals surface area contributed by atoms with Gasteiger partial charge in [0.15, 0.2) is 0 Å². The summed E-state index contributed by atoms with van der Waals surface area (Å²) in [5, 5.41) is 9.00. The van der Waals surface area contributed by atoms with Crippen molar-refractivity contribution in [3.05, 3.63) is 30.1 Å². The summed E-state index contributed by atoms with van der Waals surface area (Å²) in [6.07, 6.45) is 1.75. The van der Waals surface area contributed by atoms with E-state index in [0.717, 1.165) is 25.1 Å². The topological polar surface area (TPSA) is 27.0 Å². The van der Waals surface area contributed by atoms with Crippen LogP contribution in [0.2, 0.25) is 0 Å². The van der Waals surface area contributed by atoms with Gasteiger partial charge in [-0.3, -0.25) is 0 Å². The van der Waals surface area contributed by atoms with Crippen molar-refractivity contribution < 1.29 is 4.39 Å². The van der Waals surface area contributed by atoms with Crippen LogP contribution in [0.15, 0.2) is 24.3 Å². The van der Waals surface area contributed by atoms with E-state index in [2.05, 4.69) is 24.8 Å². The highest BCUT2D eigenvalue weighted by Crippen LogP contribution is 2.35. The first-order chi connectivity index (χ1) is 8.03. The lowest BCUT2D eigenvalue weighted by atomic mass is 9.83. The van der Waals surface area contributed by atoms with Crippen molar-refractivity contribution in [3.63, 3.8) is 0 Å². The van der Waals surface area contributed by atoms with Gasteiger partial charge in [0.2, 0.25) is 0 Å². The molecule has 2 rings (SSSR count). The summed E-state index contributed by atoms with van der Waals surface area (Å²) < 4.78 is 12.9. The molecule has 3 heteroatoms. The Hall–Kier alpha value is -1.56. The molecule has 1 aliphatic rings. The molecule has 2 nitrogen and oxygen atoms in total. The fourth-order valence-corrected chi connectivity index (χ4v) is 2.61. The van der Waals surface area contributed by atoms with Gasteiger partial charge >= 0.3 is 0 Å². The summed E-state index contributed by atoms with van der Waals surface area (Å²) in [4.78, 5) is 2.26. The number of anilines is 1. The molecule has 1 atom stereocenters. The lowest BCUT2D eigenvalue weighted by molar-refractivity contribution is 0.315. The zero-order chi connectivity index (χ0) is 12.5. The Morgan fingerprint density at radius 2 is 2.00 bits per heavy atom. The van der Waals surface area contributed by atoms with E-state index in [0.29, 0.717) is 0 Å². The normalized spacial score (nSPS) is 23.2. The van der Waals surface area contributed by atoms with Crippen molar-refractivity contribution in [3.8, 4) is 6.07 Å². The summed E-state index contributed by atoms with van der Waals surface area (Å²) in [7, 11) is 0. The predicted molar refractivity (Wildman–Crippen MR) is 66.2 cm³/mol. The number of benzene rings is 1. The van der Waals surface area contributed by atoms with Crippen molar-refractivity contribution >= 4 is 5.69 Å². The molecular formula is C14H17FN2. The van der Waals surface area contributed by atoms with Crippen LogP contribution >= 0.6 is 0 Å². The molecular weight excluding hydrogens is 215 g/mol. The van der Waals surface area contributed by atoms with Crippen molar-refractivity contribution in [2.24, 2.45) is 5.92 Å². The standard InChI is InChI=1S/C14H17FN2/c1-14(2)9-11(10-16)7-8-17(14)13-5-3-12(15)4-6-13/h3-6,11H,7-9H2,1-2H3. The summed E-state index contributed by atoms with van der Waals surface area (Å²) in [5.74, 6) is -0.0693. The molecule has 0 amide bonds. The van der Waals surface area contributed by atoms with Crippen LogP contribution in [-0.2, 0) is 0 Å². The van der Waals surface area contributed by atoms with Crippen LogP contribution in [0, 0.1) is 23.1 Å². The second-order valence-corrected chi connectivity index (χ2v) is 5.26. The molecule has 0 radical (unpaired) electrons. The minimum Gasteiger partial charge on any atom is -0.366 e. The van der Waals surface area contributed by atoms with Gasteiger partial charge < -0.3 is 4.90 Å². The molecule has 0 bridgehead atoms. The number of nitriles is 1. The molecule has 1 aromatic rings. The molecule has 0 spiro atoms. The summed E-state index contributed by atoms with van der Waals surface area (Å²) in [6.45, 7) is 5.14. The molecule has 0 N–H and O–H groups in total. The number of hydrogen-bond acceptors (Lipinski definition) is 2. The van der Waals surface area contributed by atoms with E-state index < -0.39 is 0 Å². The molecule has 1 heterocycles. The number of nitrogens with zero attached hydrogens (tertiary/aromatic N) is 2. The van der Waals surface area contributed by atoms with Crippen LogP contribution in [-0.4, -0.2) is 12.1 Å². The van der Waals surface area contributed by atoms with Crippen LogP contribution in [0.5, 0.6) is 0 Å². The molecule has 1 fully saturated rings. The molecule has 0 aromatic heterocycles. The molecule has 0 saturated carbocycles. The van der Waals surface area contributed by atoms with E-state index >= 15 is 0 Å². The second-order valence-electron chi connectivity index (χ2n) is 5.26. The average Bonchev–Trinajstić information content (AvgIpc) is 2.29. The first kappa shape index (κ1) is 11.9. The first-order valence-corrected chi connectivity index (χ1v) is 5.96. The van der Waals surface area contributed by atoms with Gasteiger partial charge in [-0.05, 0) is 51.0 Å². The van der Waals surface area contributed by atoms with Crippen LogP contribution in [0.1, 0.15) is 26.7 Å². The highest BCUT2D eigenvalue weighted by Gasteiger charge is 2.34. The van der Waals surface area contributed by atoms with Gasteiger partial charge in [-0.1, -0.05) is 0 Å². The van der Waals surface area contributed by atoms with Crippen molar-refractivity contribution in [2.75, 3.05) is 11.4 Å². The largest absolute Gasteiger partial charge is 0.366 e. The highest BCUT2D eigenvalue weighted by atomic mass is 19.1. The molecule has 1 aliphatic heterocycles. The Labute approximate surface area is 102 Å². The van der Waals surface area contributed by atoms with Crippen LogP contribution in [0.25, 0.3) is 0 Å². The summed E-state index contributed by atoms with van der Waals surface area (Å²) in [6, 6.07) is 8.95. The second kappa shape index (κ2) is 4.37. The maximum Gasteiger partial charge on any atom is 0.123 e. The molecule has 90 valence electrons. The minimum atomic E-state index is -0.210. The zero-order valence-electron chi connectivity index (χ0n) is 10.3. The highest BCUT2D eigenvalue weighted by molar-refractivity contribution is 5.49. The number of hydrogen-bond donors (Lipinski definition) is 0. The summed E-state index contributed by atoms with van der Waals surface area (Å²) in [5.41, 5.74) is 0.990. The van der Waals surface area contributed by atoms with Crippen molar-refractivity contribution in [1.29, 1.82) is 5.26 Å². The van der Waals surface area contributed by atoms with Gasteiger partial charge in [0.25, 0.3) is 0 Å². The molecule has 0 aliphatic carbocycles. The van der Waals surface area contributed by atoms with Gasteiger partial charge in [0.1, 0.15) is 5.82 Å². The van der Waals surface area contributed by atoms with E-state index in [1.165, 1.54) is 12.1 Å². The van der Waals surface area contributed by atoms with Crippen LogP contribution < -0.4 is 4.90 Å². The third kappa shape index (κ3) is 2.41. The van der Waals surface area contributed by atoms with Gasteiger partial charge in [0, 0.05) is 17.8 Å². The Bertz CT molecular complexity index is 431. The Morgan fingerprint density at radius 1 is 1.35 bits per heavy atom. The molecule has 17 heavy (non-hydrogen) atoms. The Morgan fingerprint density at radius 3 is 2.53 bits per heavy atom. The van der Waals surface area contributed by atoms with Crippen molar-refractivity contribution in [2.45, 2.75) is 32.2 Å². The van der Waals surface area contributed by atoms with E-state index in [4.69, 9.17) is 5.26 Å². The zero-order valence-corrected chi connectivity index (χ0v) is 10.3. The predicted octanol–water partition coefficient (Wildman–Crippen LogP) is 3.34. The van der Waals surface area contributed by atoms with Crippen LogP contribution in [0.4, 0.5) is 10.1 Å². The first-order valence-electron chi connectivity index (χ1n) is 5.96. The molecule has 1 aromatic carbocycles. The number of halogens is 1. The quantitative estimate of drug-likeness (QED) is 0.742. The van der Waals surface area contributed by atoms with Crippen LogP contribution in [0.3, 0.4) is 0 Å².